The van der Waals surface area contributed by atoms with Crippen molar-refractivity contribution in [3.8, 4) is 57.5 Å². The first-order valence-corrected chi connectivity index (χ1v) is 24.5. The molecule has 19 rings (SSSR count). The fourth-order valence-corrected chi connectivity index (χ4v) is 10.8. The van der Waals surface area contributed by atoms with E-state index in [0.29, 0.717) is 45.1 Å². The molecule has 14 aliphatic rings. The summed E-state index contributed by atoms with van der Waals surface area (Å²) >= 11 is 0. The summed E-state index contributed by atoms with van der Waals surface area (Å²) in [4.78, 5) is 2.62. The molecule has 0 unspecified atom stereocenters. The third kappa shape index (κ3) is 11.1. The average molecular weight is 946 g/mol. The number of rotatable bonds is 17. The van der Waals surface area contributed by atoms with Gasteiger partial charge in [-0.05, 0) is 110 Å². The van der Waals surface area contributed by atoms with Gasteiger partial charge in [-0.3, -0.25) is 4.90 Å². The first-order chi connectivity index (χ1) is 33.7. The number of methoxy groups -OCH3 is 9. The van der Waals surface area contributed by atoms with E-state index in [0.717, 1.165) is 126 Å². The Labute approximate surface area is 409 Å². The SMILES string of the molecule is COc1cc2c(OC)cc1CCc1cc(OC)c(cc1OCCCCCC[N+]13CCN(CC1)CC3)Cc1cc(OC)c(cc1OC)Cc1cc(OC)c(cc1OC)Cc1cc(OC)c(cc1OC)C2. The predicted octanol–water partition coefficient (Wildman–Crippen LogP) is 9.31. The lowest BCUT2D eigenvalue weighted by atomic mass is 9.93. The highest BCUT2D eigenvalue weighted by Gasteiger charge is 2.37. The maximum atomic E-state index is 6.79. The standard InChI is InChI=1S/C57H73N2O10/c1-60-48-30-40-24-41-31-52(64-5)42(32-51(41)63-4)25-43-33-54(66-7)44(34-53(43)65-6)26-45-35-56(68-9)46(36-55(45)67-8)27-47-37-57(39(29-50(47)62-3)15-14-38(48)28-49(40)61-2)69-23-13-11-10-12-19-59-20-16-58(17-21-59)18-22-59/h28-37H,10-27H2,1-9H3/q+1. The minimum Gasteiger partial charge on any atom is -0.496 e. The zero-order chi connectivity index (χ0) is 48.5. The molecule has 0 spiro atoms. The number of nitrogens with zero attached hydrogens (tertiary/aromatic N) is 2. The highest BCUT2D eigenvalue weighted by molar-refractivity contribution is 5.58. The van der Waals surface area contributed by atoms with Gasteiger partial charge < -0.3 is 51.9 Å². The lowest BCUT2D eigenvalue weighted by Crippen LogP contribution is -2.67. The number of unbranched alkanes of at least 4 members (excludes halogenated alkanes) is 3. The second kappa shape index (κ2) is 22.6. The van der Waals surface area contributed by atoms with Gasteiger partial charge in [-0.2, -0.15) is 0 Å². The van der Waals surface area contributed by atoms with Crippen LogP contribution in [-0.2, 0) is 38.5 Å². The monoisotopic (exact) mass is 946 g/mol. The fourth-order valence-electron chi connectivity index (χ4n) is 10.8. The molecule has 0 radical (unpaired) electrons. The molecular formula is C57H73N2O10+. The summed E-state index contributed by atoms with van der Waals surface area (Å²) in [7, 11) is 15.4. The number of quaternary nitrogens is 1. The second-order valence-corrected chi connectivity index (χ2v) is 18.7. The third-order valence-corrected chi connectivity index (χ3v) is 14.8. The molecule has 3 fully saturated rings. The lowest BCUT2D eigenvalue weighted by molar-refractivity contribution is -0.941. The Balaban J connectivity index is 1.17. The van der Waals surface area contributed by atoms with E-state index in [1.54, 1.807) is 64.0 Å². The van der Waals surface area contributed by atoms with Gasteiger partial charge in [0, 0.05) is 89.8 Å². The number of ether oxygens (including phenoxy) is 10. The topological polar surface area (TPSA) is 95.5 Å². The highest BCUT2D eigenvalue weighted by atomic mass is 16.5. The van der Waals surface area contributed by atoms with Gasteiger partial charge in [0.2, 0.25) is 0 Å². The van der Waals surface area contributed by atoms with E-state index in [9.17, 15) is 0 Å². The van der Waals surface area contributed by atoms with E-state index in [4.69, 9.17) is 47.4 Å². The molecule has 3 heterocycles. The van der Waals surface area contributed by atoms with Crippen molar-refractivity contribution in [3.05, 3.63) is 116 Å². The van der Waals surface area contributed by atoms with Gasteiger partial charge in [0.25, 0.3) is 0 Å². The summed E-state index contributed by atoms with van der Waals surface area (Å²) in [5.74, 6) is 7.59. The molecule has 0 N–H and O–H groups in total. The zero-order valence-corrected chi connectivity index (χ0v) is 42.5. The van der Waals surface area contributed by atoms with Crippen LogP contribution >= 0.6 is 0 Å². The number of benzene rings is 5. The van der Waals surface area contributed by atoms with Gasteiger partial charge in [0.1, 0.15) is 57.5 Å². The molecule has 5 aromatic carbocycles. The second-order valence-electron chi connectivity index (χ2n) is 18.7. The minimum atomic E-state index is 0.507. The summed E-state index contributed by atoms with van der Waals surface area (Å²) in [6.07, 6.45) is 8.08. The Hall–Kier alpha value is -5.98. The number of fused-ring (bicyclic) bond motifs is 3. The van der Waals surface area contributed by atoms with Crippen LogP contribution in [0.2, 0.25) is 0 Å². The molecule has 0 saturated carbocycles. The van der Waals surface area contributed by atoms with Crippen LogP contribution in [0.1, 0.15) is 81.3 Å². The third-order valence-electron chi connectivity index (χ3n) is 14.8. The van der Waals surface area contributed by atoms with Crippen LogP contribution < -0.4 is 47.4 Å². The van der Waals surface area contributed by atoms with Crippen LogP contribution in [0.5, 0.6) is 57.5 Å². The summed E-state index contributed by atoms with van der Waals surface area (Å²) in [5.41, 5.74) is 9.73. The minimum absolute atomic E-state index is 0.507. The summed E-state index contributed by atoms with van der Waals surface area (Å²) in [5, 5.41) is 0. The van der Waals surface area contributed by atoms with E-state index in [-0.39, 0.29) is 0 Å². The van der Waals surface area contributed by atoms with Crippen molar-refractivity contribution < 1.29 is 51.9 Å². The Morgan fingerprint density at radius 3 is 0.913 bits per heavy atom. The Morgan fingerprint density at radius 1 is 0.333 bits per heavy atom. The van der Waals surface area contributed by atoms with Crippen molar-refractivity contribution in [1.29, 1.82) is 0 Å². The molecular weight excluding hydrogens is 873 g/mol. The molecule has 370 valence electrons. The fraction of sp³-hybridized carbons (Fsp3) is 0.474. The summed E-state index contributed by atoms with van der Waals surface area (Å²) in [6, 6.07) is 20.8. The molecule has 12 bridgehead atoms. The van der Waals surface area contributed by atoms with Gasteiger partial charge in [0.05, 0.1) is 96.8 Å². The van der Waals surface area contributed by atoms with Crippen molar-refractivity contribution in [3.63, 3.8) is 0 Å². The number of aryl methyl sites for hydroxylation is 2. The number of hydrogen-bond acceptors (Lipinski definition) is 11. The van der Waals surface area contributed by atoms with Crippen LogP contribution in [0.15, 0.2) is 60.7 Å². The van der Waals surface area contributed by atoms with Crippen molar-refractivity contribution in [2.75, 3.05) is 116 Å². The van der Waals surface area contributed by atoms with Crippen LogP contribution in [-0.4, -0.2) is 126 Å². The Kier molecular flexibility index (Phi) is 16.2. The first-order valence-electron chi connectivity index (χ1n) is 24.5. The van der Waals surface area contributed by atoms with E-state index >= 15 is 0 Å². The largest absolute Gasteiger partial charge is 0.496 e. The smallest absolute Gasteiger partial charge is 0.123 e. The van der Waals surface area contributed by atoms with E-state index in [1.807, 2.05) is 18.2 Å². The summed E-state index contributed by atoms with van der Waals surface area (Å²) in [6.45, 7) is 9.67. The molecule has 69 heavy (non-hydrogen) atoms. The molecule has 12 nitrogen and oxygen atoms in total. The van der Waals surface area contributed by atoms with E-state index < -0.39 is 0 Å². The molecule has 3 aliphatic heterocycles. The number of hydrogen-bond donors (Lipinski definition) is 0. The molecule has 5 aromatic rings. The maximum absolute atomic E-state index is 6.79. The quantitative estimate of drug-likeness (QED) is 0.0660. The van der Waals surface area contributed by atoms with E-state index in [2.05, 4.69) is 47.4 Å². The van der Waals surface area contributed by atoms with Gasteiger partial charge in [-0.15, -0.1) is 0 Å². The normalized spacial score (nSPS) is 17.5. The van der Waals surface area contributed by atoms with Crippen LogP contribution in [0.25, 0.3) is 0 Å². The number of piperazine rings is 3. The zero-order valence-electron chi connectivity index (χ0n) is 42.5. The van der Waals surface area contributed by atoms with Crippen LogP contribution in [0, 0.1) is 0 Å². The Bertz CT molecular complexity index is 2550. The van der Waals surface area contributed by atoms with Gasteiger partial charge in [0.15, 0.2) is 0 Å². The van der Waals surface area contributed by atoms with Gasteiger partial charge in [-0.1, -0.05) is 0 Å². The van der Waals surface area contributed by atoms with Crippen molar-refractivity contribution in [2.45, 2.75) is 64.2 Å². The average Bonchev–Trinajstić information content (AvgIpc) is 3.38. The van der Waals surface area contributed by atoms with Gasteiger partial charge >= 0.3 is 0 Å². The molecule has 0 amide bonds. The maximum Gasteiger partial charge on any atom is 0.123 e. The molecule has 0 atom stereocenters. The highest BCUT2D eigenvalue weighted by Crippen LogP contribution is 2.42. The Morgan fingerprint density at radius 2 is 0.594 bits per heavy atom. The molecule has 11 aliphatic carbocycles. The first kappa shape index (κ1) is 49.4. The molecule has 3 saturated heterocycles. The lowest BCUT2D eigenvalue weighted by Gasteiger charge is -2.50. The van der Waals surface area contributed by atoms with Crippen molar-refractivity contribution >= 4 is 0 Å². The predicted molar refractivity (Wildman–Crippen MR) is 270 cm³/mol. The van der Waals surface area contributed by atoms with Crippen LogP contribution in [0.4, 0.5) is 0 Å². The van der Waals surface area contributed by atoms with Crippen LogP contribution in [0.3, 0.4) is 0 Å². The van der Waals surface area contributed by atoms with Gasteiger partial charge in [-0.25, -0.2) is 0 Å². The molecule has 0 aromatic heterocycles. The van der Waals surface area contributed by atoms with E-state index in [1.165, 1.54) is 63.1 Å². The van der Waals surface area contributed by atoms with Crippen molar-refractivity contribution in [1.82, 2.24) is 4.90 Å². The van der Waals surface area contributed by atoms with Crippen molar-refractivity contribution in [2.24, 2.45) is 0 Å². The molecule has 12 heteroatoms. The summed E-state index contributed by atoms with van der Waals surface area (Å²) < 4.78 is 63.0.